The summed E-state index contributed by atoms with van der Waals surface area (Å²) in [5.41, 5.74) is 2.34. The Morgan fingerprint density at radius 1 is 1.24 bits per heavy atom. The lowest BCUT2D eigenvalue weighted by atomic mass is 10.2. The zero-order chi connectivity index (χ0) is 20.1. The molecule has 3 aliphatic heterocycles. The van der Waals surface area contributed by atoms with E-state index in [1.807, 2.05) is 44.3 Å². The molecule has 1 atom stereocenters. The lowest BCUT2D eigenvalue weighted by molar-refractivity contribution is 0.392. The van der Waals surface area contributed by atoms with Gasteiger partial charge in [0.1, 0.15) is 17.2 Å². The summed E-state index contributed by atoms with van der Waals surface area (Å²) >= 11 is 0. The van der Waals surface area contributed by atoms with Gasteiger partial charge in [0, 0.05) is 25.7 Å². The molecule has 1 N–H and O–H groups in total. The normalized spacial score (nSPS) is 15.5. The number of hydrogen-bond acceptors (Lipinski definition) is 6. The molecule has 5 rings (SSSR count). The van der Waals surface area contributed by atoms with E-state index in [2.05, 4.69) is 10.4 Å². The topological polar surface area (TPSA) is 91.8 Å². The van der Waals surface area contributed by atoms with Gasteiger partial charge in [0.15, 0.2) is 11.6 Å². The van der Waals surface area contributed by atoms with Crippen molar-refractivity contribution < 1.29 is 4.74 Å². The fourth-order valence-corrected chi connectivity index (χ4v) is 3.78. The summed E-state index contributed by atoms with van der Waals surface area (Å²) in [4.78, 5) is 22.8. The van der Waals surface area contributed by atoms with Gasteiger partial charge in [-0.05, 0) is 12.5 Å². The quantitative estimate of drug-likeness (QED) is 0.571. The lowest BCUT2D eigenvalue weighted by Gasteiger charge is -2.14. The number of fused-ring (bicyclic) bond motifs is 3. The third-order valence-electron chi connectivity index (χ3n) is 5.17. The van der Waals surface area contributed by atoms with Gasteiger partial charge < -0.3 is 10.1 Å². The van der Waals surface area contributed by atoms with Crippen molar-refractivity contribution in [1.82, 2.24) is 28.9 Å². The predicted octanol–water partition coefficient (Wildman–Crippen LogP) is 1.82. The second kappa shape index (κ2) is 6.47. The highest BCUT2D eigenvalue weighted by Gasteiger charge is 2.31. The van der Waals surface area contributed by atoms with Crippen molar-refractivity contribution in [3.8, 4) is 28.9 Å². The van der Waals surface area contributed by atoms with Crippen LogP contribution in [0.4, 0.5) is 5.82 Å². The van der Waals surface area contributed by atoms with Crippen LogP contribution in [-0.4, -0.2) is 42.0 Å². The number of aromatic nitrogens is 6. The Bertz CT molecular complexity index is 1220. The van der Waals surface area contributed by atoms with Crippen molar-refractivity contribution in [1.29, 1.82) is 0 Å². The van der Waals surface area contributed by atoms with E-state index in [9.17, 15) is 4.79 Å². The van der Waals surface area contributed by atoms with Gasteiger partial charge in [-0.3, -0.25) is 13.8 Å². The Labute approximate surface area is 166 Å². The fraction of sp³-hybridized carbons (Fsp3) is 0.300. The zero-order valence-electron chi connectivity index (χ0n) is 16.5. The van der Waals surface area contributed by atoms with Crippen LogP contribution in [0.5, 0.6) is 5.88 Å². The number of hydrogen-bond donors (Lipinski definition) is 1. The molecule has 0 saturated carbocycles. The van der Waals surface area contributed by atoms with Crippen molar-refractivity contribution in [3.63, 3.8) is 0 Å². The number of nitrogens with one attached hydrogen (secondary N) is 1. The van der Waals surface area contributed by atoms with Gasteiger partial charge in [-0.15, -0.1) is 5.10 Å². The SMILES string of the molecule is COc1cc(-c2nc3c4n(c(=O)n(Cc5ccccc5)c-3n2)C[C@@H](C)N4)n(C)n1. The third kappa shape index (κ3) is 2.77. The van der Waals surface area contributed by atoms with E-state index in [-0.39, 0.29) is 11.7 Å². The molecule has 0 fully saturated rings. The highest BCUT2D eigenvalue weighted by molar-refractivity contribution is 5.73. The van der Waals surface area contributed by atoms with Crippen LogP contribution in [0.1, 0.15) is 12.5 Å². The van der Waals surface area contributed by atoms with Gasteiger partial charge >= 0.3 is 5.69 Å². The smallest absolute Gasteiger partial charge is 0.331 e. The molecule has 0 amide bonds. The molecule has 0 saturated heterocycles. The molecular formula is C20H21N7O2. The van der Waals surface area contributed by atoms with E-state index in [0.717, 1.165) is 17.1 Å². The first-order valence-electron chi connectivity index (χ1n) is 9.45. The molecule has 1 aromatic heterocycles. The average molecular weight is 391 g/mol. The van der Waals surface area contributed by atoms with Gasteiger partial charge in [-0.25, -0.2) is 14.8 Å². The molecule has 3 aliphatic rings. The average Bonchev–Trinajstić information content (AvgIpc) is 3.42. The summed E-state index contributed by atoms with van der Waals surface area (Å²) < 4.78 is 10.3. The second-order valence-electron chi connectivity index (χ2n) is 7.27. The number of anilines is 1. The van der Waals surface area contributed by atoms with Crippen molar-refractivity contribution in [2.24, 2.45) is 7.05 Å². The number of rotatable bonds is 4. The maximum Gasteiger partial charge on any atom is 0.331 e. The highest BCUT2D eigenvalue weighted by atomic mass is 16.5. The summed E-state index contributed by atoms with van der Waals surface area (Å²) in [7, 11) is 3.39. The molecule has 148 valence electrons. The number of imidazole rings is 1. The molecule has 1 aromatic carbocycles. The number of aryl methyl sites for hydroxylation is 1. The van der Waals surface area contributed by atoms with Crippen LogP contribution in [0.3, 0.4) is 0 Å². The third-order valence-corrected chi connectivity index (χ3v) is 5.17. The van der Waals surface area contributed by atoms with Gasteiger partial charge in [-0.2, -0.15) is 0 Å². The minimum absolute atomic E-state index is 0.0951. The minimum Gasteiger partial charge on any atom is -0.480 e. The standard InChI is InChI=1S/C20H21N7O2/c1-12-10-26-18(21-12)16-19(27(20(26)28)11-13-7-5-4-6-8-13)23-17(22-16)14-9-15(29-3)24-25(14)2/h4-9,12,21H,10-11H2,1-3H3/t12-/m1/s1. The van der Waals surface area contributed by atoms with Crippen LogP contribution in [0.15, 0.2) is 41.2 Å². The van der Waals surface area contributed by atoms with Gasteiger partial charge in [0.2, 0.25) is 5.88 Å². The van der Waals surface area contributed by atoms with Crippen LogP contribution >= 0.6 is 0 Å². The molecule has 9 heteroatoms. The van der Waals surface area contributed by atoms with E-state index < -0.39 is 0 Å². The Morgan fingerprint density at radius 2 is 2.03 bits per heavy atom. The minimum atomic E-state index is -0.0951. The Kier molecular flexibility index (Phi) is 3.90. The first-order valence-corrected chi connectivity index (χ1v) is 9.45. The maximum atomic E-state index is 13.3. The van der Waals surface area contributed by atoms with Crippen LogP contribution in [-0.2, 0) is 20.1 Å². The van der Waals surface area contributed by atoms with E-state index in [1.165, 1.54) is 0 Å². The summed E-state index contributed by atoms with van der Waals surface area (Å²) in [5.74, 6) is 2.27. The molecular weight excluding hydrogens is 370 g/mol. The lowest BCUT2D eigenvalue weighted by Crippen LogP contribution is -2.32. The van der Waals surface area contributed by atoms with Gasteiger partial charge in [-0.1, -0.05) is 30.3 Å². The van der Waals surface area contributed by atoms with Crippen LogP contribution in [0, 0.1) is 0 Å². The number of nitrogens with zero attached hydrogens (tertiary/aromatic N) is 6. The molecule has 0 radical (unpaired) electrons. The monoisotopic (exact) mass is 391 g/mol. The molecule has 0 unspecified atom stereocenters. The molecule has 9 nitrogen and oxygen atoms in total. The Balaban J connectivity index is 1.73. The van der Waals surface area contributed by atoms with Gasteiger partial charge in [0.25, 0.3) is 0 Å². The van der Waals surface area contributed by atoms with Crippen molar-refractivity contribution in [2.45, 2.75) is 26.1 Å². The highest BCUT2D eigenvalue weighted by Crippen LogP contribution is 2.33. The van der Waals surface area contributed by atoms with E-state index in [4.69, 9.17) is 14.7 Å². The first-order chi connectivity index (χ1) is 14.0. The first kappa shape index (κ1) is 17.5. The number of benzene rings is 1. The van der Waals surface area contributed by atoms with Crippen molar-refractivity contribution >= 4 is 5.82 Å². The van der Waals surface area contributed by atoms with E-state index >= 15 is 0 Å². The summed E-state index contributed by atoms with van der Waals surface area (Å²) in [6.07, 6.45) is 0. The van der Waals surface area contributed by atoms with Crippen LogP contribution in [0.25, 0.3) is 23.0 Å². The molecule has 0 bridgehead atoms. The molecule has 29 heavy (non-hydrogen) atoms. The summed E-state index contributed by atoms with van der Waals surface area (Å²) in [5, 5.41) is 7.66. The maximum absolute atomic E-state index is 13.3. The van der Waals surface area contributed by atoms with Crippen LogP contribution in [0.2, 0.25) is 0 Å². The summed E-state index contributed by atoms with van der Waals surface area (Å²) in [6.45, 7) is 3.07. The molecule has 4 heterocycles. The van der Waals surface area contributed by atoms with Crippen molar-refractivity contribution in [2.75, 3.05) is 12.4 Å². The van der Waals surface area contributed by atoms with Crippen LogP contribution < -0.4 is 15.7 Å². The van der Waals surface area contributed by atoms with Crippen molar-refractivity contribution in [3.05, 3.63) is 52.4 Å². The molecule has 0 spiro atoms. The largest absolute Gasteiger partial charge is 0.480 e. The number of methoxy groups -OCH3 is 1. The van der Waals surface area contributed by atoms with Gasteiger partial charge in [0.05, 0.1) is 13.7 Å². The Hall–Kier alpha value is -3.62. The molecule has 2 aromatic rings. The fourth-order valence-electron chi connectivity index (χ4n) is 3.78. The number of ether oxygens (including phenoxy) is 1. The van der Waals surface area contributed by atoms with E-state index in [0.29, 0.717) is 36.3 Å². The summed E-state index contributed by atoms with van der Waals surface area (Å²) in [6, 6.07) is 11.8. The molecule has 0 aliphatic carbocycles. The Morgan fingerprint density at radius 3 is 2.76 bits per heavy atom. The predicted molar refractivity (Wildman–Crippen MR) is 108 cm³/mol. The second-order valence-corrected chi connectivity index (χ2v) is 7.27. The van der Waals surface area contributed by atoms with E-state index in [1.54, 1.807) is 27.0 Å². The zero-order valence-corrected chi connectivity index (χ0v) is 16.5.